The maximum atomic E-state index is 12.5. The molecule has 2 N–H and O–H groups in total. The number of hydrogen-bond acceptors (Lipinski definition) is 4. The van der Waals surface area contributed by atoms with Crippen LogP contribution in [0.25, 0.3) is 11.1 Å². The number of aromatic nitrogens is 1. The Bertz CT molecular complexity index is 979. The van der Waals surface area contributed by atoms with Crippen molar-refractivity contribution in [1.82, 2.24) is 10.3 Å². The SMILES string of the molecule is Cc1cccc2oc(SCc3cccc(C(=O)NCC[NH+]4CCCCC4)c3)nc12. The average Bonchev–Trinajstić information content (AvgIpc) is 3.18. The molecule has 4 rings (SSSR count). The number of nitrogens with one attached hydrogen (secondary N) is 2. The molecule has 1 saturated heterocycles. The quantitative estimate of drug-likeness (QED) is 0.587. The van der Waals surface area contributed by atoms with Crippen molar-refractivity contribution in [3.63, 3.8) is 0 Å². The van der Waals surface area contributed by atoms with Gasteiger partial charge in [-0.1, -0.05) is 36.0 Å². The highest BCUT2D eigenvalue weighted by atomic mass is 32.2. The van der Waals surface area contributed by atoms with Crippen LogP contribution >= 0.6 is 11.8 Å². The Hall–Kier alpha value is -2.31. The van der Waals surface area contributed by atoms with E-state index in [2.05, 4.69) is 10.3 Å². The van der Waals surface area contributed by atoms with E-state index in [0.29, 0.717) is 16.5 Å². The van der Waals surface area contributed by atoms with Gasteiger partial charge in [-0.15, -0.1) is 0 Å². The number of aryl methyl sites for hydroxylation is 1. The van der Waals surface area contributed by atoms with Crippen molar-refractivity contribution >= 4 is 28.8 Å². The molecule has 3 aromatic rings. The summed E-state index contributed by atoms with van der Waals surface area (Å²) in [6, 6.07) is 13.8. The number of quaternary nitrogens is 1. The summed E-state index contributed by atoms with van der Waals surface area (Å²) in [6.07, 6.45) is 3.97. The summed E-state index contributed by atoms with van der Waals surface area (Å²) in [5.41, 5.74) is 4.65. The van der Waals surface area contributed by atoms with E-state index in [-0.39, 0.29) is 5.91 Å². The molecule has 0 aliphatic carbocycles. The fraction of sp³-hybridized carbons (Fsp3) is 0.391. The summed E-state index contributed by atoms with van der Waals surface area (Å²) in [5.74, 6) is 0.719. The summed E-state index contributed by atoms with van der Waals surface area (Å²) in [7, 11) is 0. The second-order valence-corrected chi connectivity index (χ2v) is 8.63. The van der Waals surface area contributed by atoms with Crippen molar-refractivity contribution < 1.29 is 14.1 Å². The maximum Gasteiger partial charge on any atom is 0.257 e. The van der Waals surface area contributed by atoms with Gasteiger partial charge in [-0.2, -0.15) is 0 Å². The number of piperidine rings is 1. The highest BCUT2D eigenvalue weighted by Crippen LogP contribution is 2.27. The molecule has 29 heavy (non-hydrogen) atoms. The molecule has 1 fully saturated rings. The molecule has 0 unspecified atom stereocenters. The number of thioether (sulfide) groups is 1. The van der Waals surface area contributed by atoms with Gasteiger partial charge >= 0.3 is 0 Å². The van der Waals surface area contributed by atoms with Crippen LogP contribution in [0.2, 0.25) is 0 Å². The minimum absolute atomic E-state index is 0.00532. The molecule has 0 radical (unpaired) electrons. The average molecular weight is 411 g/mol. The molecule has 1 aromatic heterocycles. The zero-order valence-electron chi connectivity index (χ0n) is 16.9. The first kappa shape index (κ1) is 20.0. The van der Waals surface area contributed by atoms with Gasteiger partial charge in [-0.25, -0.2) is 4.98 Å². The van der Waals surface area contributed by atoms with E-state index < -0.39 is 0 Å². The molecule has 1 aliphatic rings. The smallest absolute Gasteiger partial charge is 0.257 e. The molecule has 0 spiro atoms. The van der Waals surface area contributed by atoms with Gasteiger partial charge in [0.05, 0.1) is 26.2 Å². The van der Waals surface area contributed by atoms with Gasteiger partial charge in [0.15, 0.2) is 5.58 Å². The van der Waals surface area contributed by atoms with Crippen LogP contribution in [0, 0.1) is 6.92 Å². The number of carbonyl (C=O) groups excluding carboxylic acids is 1. The van der Waals surface area contributed by atoms with Crippen LogP contribution in [0.4, 0.5) is 0 Å². The third-order valence-corrected chi connectivity index (χ3v) is 6.38. The number of amides is 1. The van der Waals surface area contributed by atoms with Gasteiger partial charge in [-0.05, 0) is 55.5 Å². The number of carbonyl (C=O) groups is 1. The van der Waals surface area contributed by atoms with E-state index in [0.717, 1.165) is 35.3 Å². The van der Waals surface area contributed by atoms with E-state index in [1.54, 1.807) is 16.7 Å². The minimum Gasteiger partial charge on any atom is -0.431 e. The first-order valence-corrected chi connectivity index (χ1v) is 11.4. The van der Waals surface area contributed by atoms with Crippen LogP contribution < -0.4 is 10.2 Å². The zero-order chi connectivity index (χ0) is 20.1. The number of fused-ring (bicyclic) bond motifs is 1. The van der Waals surface area contributed by atoms with Crippen molar-refractivity contribution in [3.8, 4) is 0 Å². The normalized spacial score (nSPS) is 14.9. The first-order chi connectivity index (χ1) is 14.2. The van der Waals surface area contributed by atoms with Gasteiger partial charge in [0.25, 0.3) is 11.1 Å². The predicted molar refractivity (Wildman–Crippen MR) is 116 cm³/mol. The van der Waals surface area contributed by atoms with Crippen LogP contribution in [0.15, 0.2) is 52.1 Å². The second-order valence-electron chi connectivity index (χ2n) is 7.71. The number of nitrogens with zero attached hydrogens (tertiary/aromatic N) is 1. The second kappa shape index (κ2) is 9.46. The summed E-state index contributed by atoms with van der Waals surface area (Å²) < 4.78 is 5.83. The zero-order valence-corrected chi connectivity index (χ0v) is 17.7. The maximum absolute atomic E-state index is 12.5. The van der Waals surface area contributed by atoms with Crippen LogP contribution in [0.3, 0.4) is 0 Å². The van der Waals surface area contributed by atoms with Gasteiger partial charge in [0.2, 0.25) is 0 Å². The largest absolute Gasteiger partial charge is 0.431 e. The number of likely N-dealkylation sites (tertiary alicyclic amines) is 1. The Morgan fingerprint density at radius 3 is 2.83 bits per heavy atom. The van der Waals surface area contributed by atoms with Crippen molar-refractivity contribution in [2.24, 2.45) is 0 Å². The lowest BCUT2D eigenvalue weighted by atomic mass is 10.1. The molecule has 0 atom stereocenters. The fourth-order valence-corrected chi connectivity index (χ4v) is 4.61. The molecule has 6 heteroatoms. The number of hydrogen-bond donors (Lipinski definition) is 2. The van der Waals surface area contributed by atoms with E-state index in [9.17, 15) is 4.79 Å². The lowest BCUT2D eigenvalue weighted by Crippen LogP contribution is -3.13. The Morgan fingerprint density at radius 2 is 2.00 bits per heavy atom. The summed E-state index contributed by atoms with van der Waals surface area (Å²) in [5, 5.41) is 3.73. The highest BCUT2D eigenvalue weighted by molar-refractivity contribution is 7.98. The summed E-state index contributed by atoms with van der Waals surface area (Å²) >= 11 is 1.55. The van der Waals surface area contributed by atoms with Crippen LogP contribution in [0.5, 0.6) is 0 Å². The number of para-hydroxylation sites is 1. The van der Waals surface area contributed by atoms with Crippen LogP contribution in [-0.4, -0.2) is 37.1 Å². The Balaban J connectivity index is 1.31. The Kier molecular flexibility index (Phi) is 6.52. The van der Waals surface area contributed by atoms with Crippen LogP contribution in [0.1, 0.15) is 40.7 Å². The molecule has 1 amide bonds. The Morgan fingerprint density at radius 1 is 1.17 bits per heavy atom. The van der Waals surface area contributed by atoms with Crippen molar-refractivity contribution in [3.05, 3.63) is 59.2 Å². The Labute approximate surface area is 175 Å². The van der Waals surface area contributed by atoms with Crippen molar-refractivity contribution in [2.45, 2.75) is 37.2 Å². The van der Waals surface area contributed by atoms with Gasteiger partial charge < -0.3 is 14.6 Å². The monoisotopic (exact) mass is 410 g/mol. The molecular weight excluding hydrogens is 382 g/mol. The van der Waals surface area contributed by atoms with Gasteiger partial charge in [-0.3, -0.25) is 4.79 Å². The molecule has 2 aromatic carbocycles. The number of oxazole rings is 1. The van der Waals surface area contributed by atoms with Crippen molar-refractivity contribution in [2.75, 3.05) is 26.2 Å². The third kappa shape index (κ3) is 5.19. The molecule has 5 nitrogen and oxygen atoms in total. The van der Waals surface area contributed by atoms with Crippen LogP contribution in [-0.2, 0) is 5.75 Å². The van der Waals surface area contributed by atoms with Gasteiger partial charge in [0.1, 0.15) is 5.52 Å². The number of benzene rings is 2. The highest BCUT2D eigenvalue weighted by Gasteiger charge is 2.14. The predicted octanol–water partition coefficient (Wildman–Crippen LogP) is 3.23. The van der Waals surface area contributed by atoms with E-state index >= 15 is 0 Å². The molecule has 0 bridgehead atoms. The lowest BCUT2D eigenvalue weighted by Gasteiger charge is -2.23. The van der Waals surface area contributed by atoms with E-state index in [1.165, 1.54) is 32.4 Å². The topological polar surface area (TPSA) is 59.6 Å². The number of rotatable bonds is 7. The minimum atomic E-state index is 0.00532. The van der Waals surface area contributed by atoms with E-state index in [4.69, 9.17) is 4.42 Å². The fourth-order valence-electron chi connectivity index (χ4n) is 3.83. The standard InChI is InChI=1S/C23H27N3O2S/c1-17-7-5-10-20-21(17)25-23(28-20)29-16-18-8-6-9-19(15-18)22(27)24-11-14-26-12-3-2-4-13-26/h5-10,15H,2-4,11-14,16H2,1H3,(H,24,27)/p+1. The lowest BCUT2D eigenvalue weighted by molar-refractivity contribution is -0.903. The first-order valence-electron chi connectivity index (χ1n) is 10.4. The third-order valence-electron chi connectivity index (χ3n) is 5.48. The molecular formula is C23H28N3O2S+. The molecule has 0 saturated carbocycles. The van der Waals surface area contributed by atoms with E-state index in [1.807, 2.05) is 49.4 Å². The molecule has 152 valence electrons. The summed E-state index contributed by atoms with van der Waals surface area (Å²) in [4.78, 5) is 18.7. The molecule has 2 heterocycles. The summed E-state index contributed by atoms with van der Waals surface area (Å²) in [6.45, 7) is 6.25. The molecule has 1 aliphatic heterocycles. The van der Waals surface area contributed by atoms with Gasteiger partial charge in [0, 0.05) is 11.3 Å². The van der Waals surface area contributed by atoms with Crippen molar-refractivity contribution in [1.29, 1.82) is 0 Å².